The Morgan fingerprint density at radius 3 is 2.31 bits per heavy atom. The minimum atomic E-state index is -0.882. The van der Waals surface area contributed by atoms with Crippen molar-refractivity contribution in [3.05, 3.63) is 48.4 Å². The summed E-state index contributed by atoms with van der Waals surface area (Å²) in [6.07, 6.45) is 1.38. The number of piperazine rings is 1. The van der Waals surface area contributed by atoms with Gasteiger partial charge in [-0.2, -0.15) is 0 Å². The lowest BCUT2D eigenvalue weighted by molar-refractivity contribution is -0.154. The summed E-state index contributed by atoms with van der Waals surface area (Å²) in [6, 6.07) is 10.00. The molecule has 3 rings (SSSR count). The van der Waals surface area contributed by atoms with Gasteiger partial charge in [-0.3, -0.25) is 9.59 Å². The number of furan rings is 1. The number of methoxy groups -OCH3 is 1. The molecule has 0 saturated carbocycles. The van der Waals surface area contributed by atoms with E-state index in [4.69, 9.17) is 13.9 Å². The third-order valence-electron chi connectivity index (χ3n) is 5.36. The highest BCUT2D eigenvalue weighted by molar-refractivity contribution is 5.94. The second kappa shape index (κ2) is 10.7. The number of carbonyl (C=O) groups excluding carboxylic acids is 3. The molecule has 0 spiro atoms. The molecule has 0 unspecified atom stereocenters. The van der Waals surface area contributed by atoms with Crippen LogP contribution >= 0.6 is 0 Å². The highest BCUT2D eigenvalue weighted by Gasteiger charge is 2.29. The van der Waals surface area contributed by atoms with Crippen molar-refractivity contribution in [1.29, 1.82) is 0 Å². The van der Waals surface area contributed by atoms with Gasteiger partial charge in [0, 0.05) is 31.9 Å². The maximum absolute atomic E-state index is 12.5. The second-order valence-corrected chi connectivity index (χ2v) is 7.85. The molecule has 1 atom stereocenters. The highest BCUT2D eigenvalue weighted by Crippen LogP contribution is 2.20. The number of anilines is 1. The standard InChI is InChI=1S/C23H29N3O6/c1-16(2)21(24-22(28)19-5-4-14-31-19)23(29)32-15-20(27)26-12-10-25(11-13-26)17-6-8-18(30-3)9-7-17/h4-9,14,16,21H,10-13,15H2,1-3H3,(H,24,28)/t21-/m1/s1. The van der Waals surface area contributed by atoms with Crippen molar-refractivity contribution in [1.82, 2.24) is 10.2 Å². The van der Waals surface area contributed by atoms with Gasteiger partial charge in [0.2, 0.25) is 0 Å². The van der Waals surface area contributed by atoms with Crippen LogP contribution in [0.25, 0.3) is 0 Å². The molecule has 0 bridgehead atoms. The fraction of sp³-hybridized carbons (Fsp3) is 0.435. The second-order valence-electron chi connectivity index (χ2n) is 7.85. The van der Waals surface area contributed by atoms with E-state index in [9.17, 15) is 14.4 Å². The summed E-state index contributed by atoms with van der Waals surface area (Å²) in [5.41, 5.74) is 1.07. The van der Waals surface area contributed by atoms with Gasteiger partial charge >= 0.3 is 5.97 Å². The van der Waals surface area contributed by atoms with E-state index in [1.807, 2.05) is 24.3 Å². The molecule has 1 aromatic heterocycles. The zero-order valence-electron chi connectivity index (χ0n) is 18.6. The third kappa shape index (κ3) is 5.81. The van der Waals surface area contributed by atoms with Gasteiger partial charge in [0.05, 0.1) is 13.4 Å². The van der Waals surface area contributed by atoms with Crippen molar-refractivity contribution in [2.24, 2.45) is 5.92 Å². The van der Waals surface area contributed by atoms with E-state index in [2.05, 4.69) is 10.2 Å². The smallest absolute Gasteiger partial charge is 0.329 e. The number of nitrogens with one attached hydrogen (secondary N) is 1. The maximum Gasteiger partial charge on any atom is 0.329 e. The Bertz CT molecular complexity index is 902. The molecule has 2 aromatic rings. The van der Waals surface area contributed by atoms with Gasteiger partial charge in [-0.05, 0) is 42.3 Å². The highest BCUT2D eigenvalue weighted by atomic mass is 16.5. The maximum atomic E-state index is 12.5. The largest absolute Gasteiger partial charge is 0.497 e. The number of hydrogen-bond donors (Lipinski definition) is 1. The van der Waals surface area contributed by atoms with Crippen LogP contribution in [-0.2, 0) is 14.3 Å². The summed E-state index contributed by atoms with van der Waals surface area (Å²) in [5, 5.41) is 2.61. The molecular formula is C23H29N3O6. The van der Waals surface area contributed by atoms with E-state index in [1.54, 1.807) is 31.9 Å². The van der Waals surface area contributed by atoms with Gasteiger partial charge < -0.3 is 29.0 Å². The molecule has 9 nitrogen and oxygen atoms in total. The molecule has 1 N–H and O–H groups in total. The van der Waals surface area contributed by atoms with E-state index in [0.717, 1.165) is 11.4 Å². The molecule has 2 amide bonds. The van der Waals surface area contributed by atoms with Crippen LogP contribution in [0.2, 0.25) is 0 Å². The quantitative estimate of drug-likeness (QED) is 0.622. The van der Waals surface area contributed by atoms with Crippen molar-refractivity contribution in [3.8, 4) is 5.75 Å². The van der Waals surface area contributed by atoms with Gasteiger partial charge in [0.25, 0.3) is 11.8 Å². The van der Waals surface area contributed by atoms with Crippen LogP contribution < -0.4 is 15.0 Å². The first kappa shape index (κ1) is 23.2. The van der Waals surface area contributed by atoms with Crippen LogP contribution in [0.3, 0.4) is 0 Å². The predicted molar refractivity (Wildman–Crippen MR) is 118 cm³/mol. The Labute approximate surface area is 187 Å². The Balaban J connectivity index is 1.46. The first-order valence-corrected chi connectivity index (χ1v) is 10.6. The van der Waals surface area contributed by atoms with Crippen molar-refractivity contribution >= 4 is 23.5 Å². The molecule has 1 aromatic carbocycles. The Kier molecular flexibility index (Phi) is 7.75. The zero-order chi connectivity index (χ0) is 23.1. The number of carbonyl (C=O) groups is 3. The van der Waals surface area contributed by atoms with Crippen molar-refractivity contribution in [3.63, 3.8) is 0 Å². The number of esters is 1. The summed E-state index contributed by atoms with van der Waals surface area (Å²) in [6.45, 7) is 5.64. The monoisotopic (exact) mass is 443 g/mol. The van der Waals surface area contributed by atoms with E-state index in [0.29, 0.717) is 26.2 Å². The topological polar surface area (TPSA) is 101 Å². The summed E-state index contributed by atoms with van der Waals surface area (Å²) >= 11 is 0. The van der Waals surface area contributed by atoms with Gasteiger partial charge in [-0.1, -0.05) is 13.8 Å². The molecular weight excluding hydrogens is 414 g/mol. The fourth-order valence-electron chi connectivity index (χ4n) is 3.44. The third-order valence-corrected chi connectivity index (χ3v) is 5.36. The minimum absolute atomic E-state index is 0.106. The van der Waals surface area contributed by atoms with Gasteiger partial charge in [-0.25, -0.2) is 4.79 Å². The molecule has 172 valence electrons. The molecule has 0 aliphatic carbocycles. The van der Waals surface area contributed by atoms with Crippen LogP contribution in [0.15, 0.2) is 47.1 Å². The van der Waals surface area contributed by atoms with Crippen LogP contribution in [0, 0.1) is 5.92 Å². The molecule has 32 heavy (non-hydrogen) atoms. The molecule has 2 heterocycles. The van der Waals surface area contributed by atoms with Crippen molar-refractivity contribution in [2.45, 2.75) is 19.9 Å². The summed E-state index contributed by atoms with van der Waals surface area (Å²) in [7, 11) is 1.63. The van der Waals surface area contributed by atoms with Crippen LogP contribution in [0.1, 0.15) is 24.4 Å². The van der Waals surface area contributed by atoms with E-state index in [-0.39, 0.29) is 24.2 Å². The average molecular weight is 444 g/mol. The van der Waals surface area contributed by atoms with Crippen LogP contribution in [-0.4, -0.2) is 68.6 Å². The van der Waals surface area contributed by atoms with E-state index in [1.165, 1.54) is 12.3 Å². The number of benzene rings is 1. The average Bonchev–Trinajstić information content (AvgIpc) is 3.36. The number of rotatable bonds is 8. The van der Waals surface area contributed by atoms with Crippen LogP contribution in [0.5, 0.6) is 5.75 Å². The molecule has 0 radical (unpaired) electrons. The van der Waals surface area contributed by atoms with Gasteiger partial charge in [0.15, 0.2) is 12.4 Å². The van der Waals surface area contributed by atoms with E-state index >= 15 is 0 Å². The first-order valence-electron chi connectivity index (χ1n) is 10.6. The Hall–Kier alpha value is -3.49. The SMILES string of the molecule is COc1ccc(N2CCN(C(=O)COC(=O)[C@H](NC(=O)c3ccco3)C(C)C)CC2)cc1. The summed E-state index contributed by atoms with van der Waals surface area (Å²) in [4.78, 5) is 41.1. The summed E-state index contributed by atoms with van der Waals surface area (Å²) < 4.78 is 15.5. The fourth-order valence-corrected chi connectivity index (χ4v) is 3.44. The molecule has 1 aliphatic heterocycles. The minimum Gasteiger partial charge on any atom is -0.497 e. The van der Waals surface area contributed by atoms with Gasteiger partial charge in [0.1, 0.15) is 11.8 Å². The van der Waals surface area contributed by atoms with Crippen molar-refractivity contribution in [2.75, 3.05) is 44.8 Å². The molecule has 1 saturated heterocycles. The number of ether oxygens (including phenoxy) is 2. The van der Waals surface area contributed by atoms with Gasteiger partial charge in [-0.15, -0.1) is 0 Å². The lowest BCUT2D eigenvalue weighted by Gasteiger charge is -2.36. The number of nitrogens with zero attached hydrogens (tertiary/aromatic N) is 2. The molecule has 1 fully saturated rings. The lowest BCUT2D eigenvalue weighted by Crippen LogP contribution is -2.50. The number of amides is 2. The summed E-state index contributed by atoms with van der Waals surface area (Å²) in [5.74, 6) is -0.729. The zero-order valence-corrected chi connectivity index (χ0v) is 18.6. The van der Waals surface area contributed by atoms with Crippen LogP contribution in [0.4, 0.5) is 5.69 Å². The Morgan fingerprint density at radius 2 is 1.75 bits per heavy atom. The first-order chi connectivity index (χ1) is 15.4. The molecule has 9 heteroatoms. The van der Waals surface area contributed by atoms with E-state index < -0.39 is 17.9 Å². The number of hydrogen-bond acceptors (Lipinski definition) is 7. The predicted octanol–water partition coefficient (Wildman–Crippen LogP) is 1.93. The lowest BCUT2D eigenvalue weighted by atomic mass is 10.0. The normalized spacial score (nSPS) is 14.8. The van der Waals surface area contributed by atoms with Crippen molar-refractivity contribution < 1.29 is 28.3 Å². The Morgan fingerprint density at radius 1 is 1.06 bits per heavy atom. The molecule has 1 aliphatic rings.